The van der Waals surface area contributed by atoms with Crippen molar-refractivity contribution in [2.75, 3.05) is 27.2 Å². The first-order valence-electron chi connectivity index (χ1n) is 8.29. The summed E-state index contributed by atoms with van der Waals surface area (Å²) < 4.78 is 6.77. The summed E-state index contributed by atoms with van der Waals surface area (Å²) in [6.07, 6.45) is 4.98. The SMILES string of the molecule is CNC(=O)c1ccn(C2CCCN(C(=O)c3cnc(OC)c(Cl)c3)C2)n1. The number of nitrogens with zero attached hydrogens (tertiary/aromatic N) is 4. The van der Waals surface area contributed by atoms with Gasteiger partial charge in [0, 0.05) is 32.5 Å². The molecule has 1 aliphatic heterocycles. The molecule has 1 saturated heterocycles. The lowest BCUT2D eigenvalue weighted by atomic mass is 10.0. The second-order valence-electron chi connectivity index (χ2n) is 6.02. The third-order valence-electron chi connectivity index (χ3n) is 4.37. The summed E-state index contributed by atoms with van der Waals surface area (Å²) in [5, 5.41) is 7.18. The molecule has 3 rings (SSSR count). The van der Waals surface area contributed by atoms with Gasteiger partial charge in [0.15, 0.2) is 0 Å². The quantitative estimate of drug-likeness (QED) is 0.877. The average molecular weight is 378 g/mol. The van der Waals surface area contributed by atoms with Gasteiger partial charge in [0.05, 0.1) is 18.7 Å². The molecule has 1 atom stereocenters. The number of nitrogens with one attached hydrogen (secondary N) is 1. The number of methoxy groups -OCH3 is 1. The highest BCUT2D eigenvalue weighted by atomic mass is 35.5. The molecule has 0 bridgehead atoms. The van der Waals surface area contributed by atoms with Gasteiger partial charge in [-0.2, -0.15) is 5.10 Å². The number of piperidine rings is 1. The lowest BCUT2D eigenvalue weighted by molar-refractivity contribution is 0.0671. The van der Waals surface area contributed by atoms with Gasteiger partial charge in [0.2, 0.25) is 5.88 Å². The van der Waals surface area contributed by atoms with E-state index in [0.717, 1.165) is 12.8 Å². The highest BCUT2D eigenvalue weighted by Gasteiger charge is 2.27. The summed E-state index contributed by atoms with van der Waals surface area (Å²) in [6.45, 7) is 1.17. The molecule has 9 heteroatoms. The van der Waals surface area contributed by atoms with Gasteiger partial charge in [0.1, 0.15) is 10.7 Å². The number of halogens is 1. The predicted octanol–water partition coefficient (Wildman–Crippen LogP) is 1.78. The van der Waals surface area contributed by atoms with Crippen molar-refractivity contribution in [1.82, 2.24) is 25.0 Å². The second kappa shape index (κ2) is 7.74. The first-order chi connectivity index (χ1) is 12.5. The first kappa shape index (κ1) is 18.2. The fraction of sp³-hybridized carbons (Fsp3) is 0.412. The van der Waals surface area contributed by atoms with Crippen LogP contribution in [-0.4, -0.2) is 58.7 Å². The van der Waals surface area contributed by atoms with Crippen LogP contribution in [0.5, 0.6) is 5.88 Å². The van der Waals surface area contributed by atoms with E-state index in [4.69, 9.17) is 16.3 Å². The number of likely N-dealkylation sites (tertiary alicyclic amines) is 1. The van der Waals surface area contributed by atoms with Gasteiger partial charge in [-0.1, -0.05) is 11.6 Å². The van der Waals surface area contributed by atoms with E-state index in [2.05, 4.69) is 15.4 Å². The molecule has 0 aliphatic carbocycles. The maximum atomic E-state index is 12.8. The molecule has 1 aliphatic rings. The van der Waals surface area contributed by atoms with Crippen LogP contribution in [0.15, 0.2) is 24.5 Å². The Kier molecular flexibility index (Phi) is 5.41. The molecular formula is C17H20ClN5O3. The lowest BCUT2D eigenvalue weighted by Gasteiger charge is -2.33. The standard InChI is InChI=1S/C17H20ClN5O3/c1-19-15(24)14-5-7-23(21-14)12-4-3-6-22(10-12)17(25)11-8-13(18)16(26-2)20-9-11/h5,7-9,12H,3-4,6,10H2,1-2H3,(H,19,24). The third-order valence-corrected chi connectivity index (χ3v) is 4.64. The van der Waals surface area contributed by atoms with Gasteiger partial charge in [-0.15, -0.1) is 0 Å². The van der Waals surface area contributed by atoms with E-state index in [0.29, 0.717) is 29.4 Å². The minimum Gasteiger partial charge on any atom is -0.480 e. The highest BCUT2D eigenvalue weighted by Crippen LogP contribution is 2.25. The summed E-state index contributed by atoms with van der Waals surface area (Å²) in [5.74, 6) is -0.0742. The zero-order valence-corrected chi connectivity index (χ0v) is 15.4. The van der Waals surface area contributed by atoms with E-state index >= 15 is 0 Å². The van der Waals surface area contributed by atoms with Crippen LogP contribution in [0.1, 0.15) is 39.7 Å². The largest absolute Gasteiger partial charge is 0.480 e. The predicted molar refractivity (Wildman–Crippen MR) is 95.6 cm³/mol. The van der Waals surface area contributed by atoms with Gasteiger partial charge in [-0.05, 0) is 25.0 Å². The fourth-order valence-corrected chi connectivity index (χ4v) is 3.26. The van der Waals surface area contributed by atoms with E-state index < -0.39 is 0 Å². The van der Waals surface area contributed by atoms with Crippen molar-refractivity contribution in [3.8, 4) is 5.88 Å². The summed E-state index contributed by atoms with van der Waals surface area (Å²) in [7, 11) is 3.04. The Morgan fingerprint density at radius 3 is 2.92 bits per heavy atom. The molecule has 138 valence electrons. The average Bonchev–Trinajstić information content (AvgIpc) is 3.17. The van der Waals surface area contributed by atoms with Crippen LogP contribution in [0.3, 0.4) is 0 Å². The summed E-state index contributed by atoms with van der Waals surface area (Å²) in [6, 6.07) is 3.26. The summed E-state index contributed by atoms with van der Waals surface area (Å²) in [4.78, 5) is 30.3. The minimum atomic E-state index is -0.230. The monoisotopic (exact) mass is 377 g/mol. The van der Waals surface area contributed by atoms with E-state index in [1.165, 1.54) is 13.3 Å². The normalized spacial score (nSPS) is 17.0. The molecule has 3 heterocycles. The number of hydrogen-bond donors (Lipinski definition) is 1. The van der Waals surface area contributed by atoms with Crippen LogP contribution in [0.2, 0.25) is 5.02 Å². The molecule has 2 aromatic heterocycles. The molecule has 8 nitrogen and oxygen atoms in total. The van der Waals surface area contributed by atoms with Crippen molar-refractivity contribution in [1.29, 1.82) is 0 Å². The number of carbonyl (C=O) groups excluding carboxylic acids is 2. The van der Waals surface area contributed by atoms with Gasteiger partial charge in [-0.25, -0.2) is 4.98 Å². The number of rotatable bonds is 4. The van der Waals surface area contributed by atoms with E-state index in [9.17, 15) is 9.59 Å². The van der Waals surface area contributed by atoms with Crippen molar-refractivity contribution in [2.24, 2.45) is 0 Å². The number of amides is 2. The Morgan fingerprint density at radius 1 is 1.42 bits per heavy atom. The molecule has 2 aromatic rings. The Balaban J connectivity index is 1.73. The van der Waals surface area contributed by atoms with E-state index in [1.54, 1.807) is 35.0 Å². The Hall–Kier alpha value is -2.61. The number of carbonyl (C=O) groups is 2. The molecule has 1 unspecified atom stereocenters. The lowest BCUT2D eigenvalue weighted by Crippen LogP contribution is -2.41. The molecule has 1 N–H and O–H groups in total. The molecule has 0 aromatic carbocycles. The van der Waals surface area contributed by atoms with Crippen LogP contribution >= 0.6 is 11.6 Å². The van der Waals surface area contributed by atoms with E-state index in [-0.39, 0.29) is 23.7 Å². The number of hydrogen-bond acceptors (Lipinski definition) is 5. The van der Waals surface area contributed by atoms with Gasteiger partial charge >= 0.3 is 0 Å². The minimum absolute atomic E-state index is 0.0211. The summed E-state index contributed by atoms with van der Waals surface area (Å²) in [5.41, 5.74) is 0.782. The van der Waals surface area contributed by atoms with Gasteiger partial charge in [-0.3, -0.25) is 14.3 Å². The van der Waals surface area contributed by atoms with Crippen molar-refractivity contribution in [3.05, 3.63) is 40.8 Å². The molecular weight excluding hydrogens is 358 g/mol. The maximum Gasteiger partial charge on any atom is 0.271 e. The van der Waals surface area contributed by atoms with Crippen LogP contribution in [0.25, 0.3) is 0 Å². The Labute approximate surface area is 156 Å². The molecule has 0 saturated carbocycles. The molecule has 0 spiro atoms. The zero-order chi connectivity index (χ0) is 18.7. The van der Waals surface area contributed by atoms with Crippen molar-refractivity contribution >= 4 is 23.4 Å². The molecule has 0 radical (unpaired) electrons. The summed E-state index contributed by atoms with van der Waals surface area (Å²) >= 11 is 6.07. The molecule has 1 fully saturated rings. The topological polar surface area (TPSA) is 89.4 Å². The smallest absolute Gasteiger partial charge is 0.271 e. The third kappa shape index (κ3) is 3.65. The maximum absolute atomic E-state index is 12.8. The Morgan fingerprint density at radius 2 is 2.23 bits per heavy atom. The van der Waals surface area contributed by atoms with Crippen LogP contribution in [0.4, 0.5) is 0 Å². The molecule has 2 amide bonds. The Bertz CT molecular complexity index is 822. The first-order valence-corrected chi connectivity index (χ1v) is 8.67. The van der Waals surface area contributed by atoms with Crippen molar-refractivity contribution < 1.29 is 14.3 Å². The van der Waals surface area contributed by atoms with Gasteiger partial charge in [0.25, 0.3) is 11.8 Å². The van der Waals surface area contributed by atoms with Crippen molar-refractivity contribution in [2.45, 2.75) is 18.9 Å². The highest BCUT2D eigenvalue weighted by molar-refractivity contribution is 6.32. The fourth-order valence-electron chi connectivity index (χ4n) is 3.02. The van der Waals surface area contributed by atoms with Crippen molar-refractivity contribution in [3.63, 3.8) is 0 Å². The zero-order valence-electron chi connectivity index (χ0n) is 14.6. The second-order valence-corrected chi connectivity index (χ2v) is 6.43. The van der Waals surface area contributed by atoms with E-state index in [1.807, 2.05) is 0 Å². The number of aromatic nitrogens is 3. The van der Waals surface area contributed by atoms with Crippen LogP contribution in [0, 0.1) is 0 Å². The molecule has 26 heavy (non-hydrogen) atoms. The number of ether oxygens (including phenoxy) is 1. The van der Waals surface area contributed by atoms with Gasteiger partial charge < -0.3 is 15.0 Å². The van der Waals surface area contributed by atoms with Crippen LogP contribution < -0.4 is 10.1 Å². The number of pyridine rings is 1. The van der Waals surface area contributed by atoms with Crippen LogP contribution in [-0.2, 0) is 0 Å².